The van der Waals surface area contributed by atoms with Crippen molar-refractivity contribution in [1.29, 1.82) is 0 Å². The van der Waals surface area contributed by atoms with Crippen LogP contribution in [0.2, 0.25) is 0 Å². The second kappa shape index (κ2) is 6.17. The monoisotopic (exact) mass is 223 g/mol. The van der Waals surface area contributed by atoms with Gasteiger partial charge in [-0.2, -0.15) is 0 Å². The molecular formula is C8H11ClFNO3. The van der Waals surface area contributed by atoms with Crippen LogP contribution >= 0.6 is 12.4 Å². The minimum absolute atomic E-state index is 0. The third-order valence-electron chi connectivity index (χ3n) is 1.42. The van der Waals surface area contributed by atoms with Crippen LogP contribution in [0, 0.1) is 5.82 Å². The Morgan fingerprint density at radius 2 is 2.07 bits per heavy atom. The summed E-state index contributed by atoms with van der Waals surface area (Å²) < 4.78 is 17.0. The van der Waals surface area contributed by atoms with E-state index in [1.165, 1.54) is 19.2 Å². The van der Waals surface area contributed by atoms with E-state index in [2.05, 4.69) is 4.74 Å². The van der Waals surface area contributed by atoms with Crippen molar-refractivity contribution >= 4 is 24.1 Å². The molecule has 0 fully saturated rings. The van der Waals surface area contributed by atoms with Gasteiger partial charge in [0.15, 0.2) is 0 Å². The van der Waals surface area contributed by atoms with Crippen LogP contribution in [-0.2, 0) is 4.74 Å². The topological polar surface area (TPSA) is 83.8 Å². The number of esters is 1. The first kappa shape index (κ1) is 15.2. The summed E-state index contributed by atoms with van der Waals surface area (Å²) in [5.41, 5.74) is 5.42. The number of hydrogen-bond acceptors (Lipinski definition) is 3. The number of anilines is 1. The Labute approximate surface area is 86.6 Å². The molecule has 1 aromatic carbocycles. The molecule has 4 N–H and O–H groups in total. The standard InChI is InChI=1S/C8H8FNO2.ClH.H2O/c1-12-8(11)5-2-3-6(9)7(10)4-5;;/h2-4H,10H2,1H3;1H;1H2. The number of carbonyl (C=O) groups excluding carboxylic acids is 1. The number of methoxy groups -OCH3 is 1. The van der Waals surface area contributed by atoms with Gasteiger partial charge in [0.05, 0.1) is 18.4 Å². The summed E-state index contributed by atoms with van der Waals surface area (Å²) in [7, 11) is 1.25. The number of ether oxygens (including phenoxy) is 1. The Morgan fingerprint density at radius 3 is 2.50 bits per heavy atom. The van der Waals surface area contributed by atoms with Crippen LogP contribution in [-0.4, -0.2) is 18.6 Å². The third-order valence-corrected chi connectivity index (χ3v) is 1.42. The zero-order valence-corrected chi connectivity index (χ0v) is 8.23. The fourth-order valence-electron chi connectivity index (χ4n) is 0.789. The molecule has 1 aromatic rings. The molecule has 14 heavy (non-hydrogen) atoms. The normalized spacial score (nSPS) is 8.14. The molecule has 4 nitrogen and oxygen atoms in total. The Morgan fingerprint density at radius 1 is 1.50 bits per heavy atom. The lowest BCUT2D eigenvalue weighted by molar-refractivity contribution is 0.0600. The fourth-order valence-corrected chi connectivity index (χ4v) is 0.789. The fraction of sp³-hybridized carbons (Fsp3) is 0.125. The smallest absolute Gasteiger partial charge is 0.337 e. The van der Waals surface area contributed by atoms with Crippen molar-refractivity contribution in [3.05, 3.63) is 29.6 Å². The van der Waals surface area contributed by atoms with E-state index in [1.807, 2.05) is 0 Å². The highest BCUT2D eigenvalue weighted by molar-refractivity contribution is 5.90. The van der Waals surface area contributed by atoms with Crippen molar-refractivity contribution < 1.29 is 19.4 Å². The second-order valence-electron chi connectivity index (χ2n) is 2.23. The van der Waals surface area contributed by atoms with Gasteiger partial charge in [-0.3, -0.25) is 0 Å². The highest BCUT2D eigenvalue weighted by atomic mass is 35.5. The number of nitrogens with two attached hydrogens (primary N) is 1. The van der Waals surface area contributed by atoms with Gasteiger partial charge in [0.1, 0.15) is 5.82 Å². The van der Waals surface area contributed by atoms with E-state index < -0.39 is 11.8 Å². The average Bonchev–Trinajstić information content (AvgIpc) is 2.08. The number of halogens is 2. The van der Waals surface area contributed by atoms with Gasteiger partial charge >= 0.3 is 5.97 Å². The first-order chi connectivity index (χ1) is 5.65. The summed E-state index contributed by atoms with van der Waals surface area (Å²) in [6.45, 7) is 0. The highest BCUT2D eigenvalue weighted by Gasteiger charge is 2.06. The van der Waals surface area contributed by atoms with Crippen LogP contribution < -0.4 is 5.73 Å². The molecule has 0 aliphatic heterocycles. The van der Waals surface area contributed by atoms with Crippen LogP contribution in [0.3, 0.4) is 0 Å². The minimum Gasteiger partial charge on any atom is -0.465 e. The van der Waals surface area contributed by atoms with Gasteiger partial charge < -0.3 is 15.9 Å². The van der Waals surface area contributed by atoms with E-state index in [9.17, 15) is 9.18 Å². The van der Waals surface area contributed by atoms with Crippen LogP contribution in [0.5, 0.6) is 0 Å². The summed E-state index contributed by atoms with van der Waals surface area (Å²) in [5, 5.41) is 0. The van der Waals surface area contributed by atoms with Crippen molar-refractivity contribution in [2.45, 2.75) is 0 Å². The van der Waals surface area contributed by atoms with Crippen molar-refractivity contribution in [3.63, 3.8) is 0 Å². The van der Waals surface area contributed by atoms with Gasteiger partial charge in [-0.1, -0.05) is 0 Å². The predicted molar refractivity (Wildman–Crippen MR) is 53.0 cm³/mol. The van der Waals surface area contributed by atoms with Gasteiger partial charge in [-0.05, 0) is 18.2 Å². The van der Waals surface area contributed by atoms with Gasteiger partial charge in [0.25, 0.3) is 0 Å². The van der Waals surface area contributed by atoms with Crippen LogP contribution in [0.15, 0.2) is 18.2 Å². The molecule has 0 atom stereocenters. The van der Waals surface area contributed by atoms with Gasteiger partial charge in [0.2, 0.25) is 0 Å². The van der Waals surface area contributed by atoms with E-state index in [1.54, 1.807) is 0 Å². The van der Waals surface area contributed by atoms with Crippen molar-refractivity contribution in [3.8, 4) is 0 Å². The molecule has 0 saturated heterocycles. The number of benzene rings is 1. The SMILES string of the molecule is COC(=O)c1ccc(F)c(N)c1.Cl.O. The van der Waals surface area contributed by atoms with Gasteiger partial charge in [-0.25, -0.2) is 9.18 Å². The Balaban J connectivity index is 0. The lowest BCUT2D eigenvalue weighted by Gasteiger charge is -2.00. The largest absolute Gasteiger partial charge is 0.465 e. The summed E-state index contributed by atoms with van der Waals surface area (Å²) in [5.74, 6) is -1.07. The lowest BCUT2D eigenvalue weighted by atomic mass is 10.2. The molecule has 0 radical (unpaired) electrons. The molecule has 0 aromatic heterocycles. The van der Waals surface area contributed by atoms with Crippen molar-refractivity contribution in [2.75, 3.05) is 12.8 Å². The Kier molecular flexibility index (Phi) is 6.68. The summed E-state index contributed by atoms with van der Waals surface area (Å²) in [6, 6.07) is 3.68. The summed E-state index contributed by atoms with van der Waals surface area (Å²) >= 11 is 0. The Hall–Kier alpha value is -1.33. The molecule has 0 heterocycles. The molecule has 0 aliphatic rings. The van der Waals surface area contributed by atoms with E-state index in [0.717, 1.165) is 6.07 Å². The Bertz CT molecular complexity index is 319. The number of rotatable bonds is 1. The molecule has 1 rings (SSSR count). The molecule has 0 bridgehead atoms. The molecular weight excluding hydrogens is 213 g/mol. The predicted octanol–water partition coefficient (Wildman–Crippen LogP) is 0.792. The summed E-state index contributed by atoms with van der Waals surface area (Å²) in [6.07, 6.45) is 0. The molecule has 0 saturated carbocycles. The maximum Gasteiger partial charge on any atom is 0.337 e. The molecule has 80 valence electrons. The maximum absolute atomic E-state index is 12.6. The second-order valence-corrected chi connectivity index (χ2v) is 2.23. The number of carbonyl (C=O) groups is 1. The average molecular weight is 224 g/mol. The zero-order chi connectivity index (χ0) is 9.14. The lowest BCUT2D eigenvalue weighted by Crippen LogP contribution is -2.02. The highest BCUT2D eigenvalue weighted by Crippen LogP contribution is 2.12. The van der Waals surface area contributed by atoms with Gasteiger partial charge in [0, 0.05) is 0 Å². The van der Waals surface area contributed by atoms with Crippen LogP contribution in [0.25, 0.3) is 0 Å². The van der Waals surface area contributed by atoms with Gasteiger partial charge in [-0.15, -0.1) is 12.4 Å². The number of hydrogen-bond donors (Lipinski definition) is 1. The maximum atomic E-state index is 12.6. The molecule has 0 unspecified atom stereocenters. The van der Waals surface area contributed by atoms with Crippen molar-refractivity contribution in [1.82, 2.24) is 0 Å². The minimum atomic E-state index is -0.539. The van der Waals surface area contributed by atoms with Crippen molar-refractivity contribution in [2.24, 2.45) is 0 Å². The molecule has 6 heteroatoms. The first-order valence-electron chi connectivity index (χ1n) is 3.28. The molecule has 0 aliphatic carbocycles. The quantitative estimate of drug-likeness (QED) is 0.564. The van der Waals surface area contributed by atoms with Crippen LogP contribution in [0.1, 0.15) is 10.4 Å². The van der Waals surface area contributed by atoms with E-state index in [4.69, 9.17) is 5.73 Å². The van der Waals surface area contributed by atoms with Crippen LogP contribution in [0.4, 0.5) is 10.1 Å². The number of nitrogen functional groups attached to an aromatic ring is 1. The molecule has 0 amide bonds. The van der Waals surface area contributed by atoms with E-state index in [0.29, 0.717) is 0 Å². The zero-order valence-electron chi connectivity index (χ0n) is 7.41. The van der Waals surface area contributed by atoms with E-state index in [-0.39, 0.29) is 29.1 Å². The summed E-state index contributed by atoms with van der Waals surface area (Å²) in [4.78, 5) is 10.9. The third kappa shape index (κ3) is 3.20. The van der Waals surface area contributed by atoms with E-state index >= 15 is 0 Å². The first-order valence-corrected chi connectivity index (χ1v) is 3.28. The molecule has 0 spiro atoms.